The zero-order chi connectivity index (χ0) is 24.0. The number of aryl methyl sites for hydroxylation is 1. The minimum absolute atomic E-state index is 0.0274. The van der Waals surface area contributed by atoms with Crippen LogP contribution in [0.5, 0.6) is 0 Å². The third-order valence-corrected chi connectivity index (χ3v) is 4.80. The molecule has 0 aliphatic heterocycles. The van der Waals surface area contributed by atoms with E-state index in [1.165, 1.54) is 30.1 Å². The van der Waals surface area contributed by atoms with Crippen molar-refractivity contribution in [2.75, 3.05) is 18.5 Å². The van der Waals surface area contributed by atoms with Crippen LogP contribution in [-0.4, -0.2) is 50.2 Å². The normalized spacial score (nSPS) is 11.7. The molecule has 0 aromatic carbocycles. The number of pyridine rings is 2. The number of amides is 2. The molecule has 0 spiro atoms. The fraction of sp³-hybridized carbons (Fsp3) is 0.300. The number of alkyl halides is 1. The first-order valence-corrected chi connectivity index (χ1v) is 10.2. The molecule has 0 aliphatic rings. The largest absolute Gasteiger partial charge is 0.441 e. The highest BCUT2D eigenvalue weighted by Gasteiger charge is 2.22. The zero-order valence-corrected chi connectivity index (χ0v) is 18.4. The molecule has 3 aromatic rings. The molecular formula is C20H20ClF2N7O3. The Morgan fingerprint density at radius 1 is 1.30 bits per heavy atom. The topological polar surface area (TPSA) is 124 Å². The third-order valence-electron chi connectivity index (χ3n) is 4.49. The minimum atomic E-state index is -1.05. The van der Waals surface area contributed by atoms with E-state index in [1.54, 1.807) is 19.1 Å². The number of nitrogens with zero attached hydrogens (tertiary/aromatic N) is 5. The van der Waals surface area contributed by atoms with Gasteiger partial charge in [-0.1, -0.05) is 22.9 Å². The van der Waals surface area contributed by atoms with Crippen LogP contribution in [0.25, 0.3) is 11.4 Å². The van der Waals surface area contributed by atoms with Crippen molar-refractivity contribution in [3.8, 4) is 11.4 Å². The SMILES string of the molecule is CC(OC(=O)Nc1c(-c2ccc(C(=O)NCCCF)c(F)n2)nnn1C)c1cccnc1Cl. The summed E-state index contributed by atoms with van der Waals surface area (Å²) in [5.74, 6) is -1.68. The van der Waals surface area contributed by atoms with Crippen molar-refractivity contribution in [1.29, 1.82) is 0 Å². The van der Waals surface area contributed by atoms with E-state index in [4.69, 9.17) is 16.3 Å². The van der Waals surface area contributed by atoms with Gasteiger partial charge in [0.1, 0.15) is 11.3 Å². The Hall–Kier alpha value is -3.67. The highest BCUT2D eigenvalue weighted by molar-refractivity contribution is 6.30. The molecule has 0 radical (unpaired) electrons. The average Bonchev–Trinajstić information content (AvgIpc) is 3.13. The summed E-state index contributed by atoms with van der Waals surface area (Å²) >= 11 is 6.03. The lowest BCUT2D eigenvalue weighted by Gasteiger charge is -2.15. The minimum Gasteiger partial charge on any atom is -0.441 e. The molecule has 0 aliphatic carbocycles. The number of aromatic nitrogens is 5. The number of hydrogen-bond donors (Lipinski definition) is 2. The highest BCUT2D eigenvalue weighted by atomic mass is 35.5. The van der Waals surface area contributed by atoms with Crippen molar-refractivity contribution in [3.05, 3.63) is 52.7 Å². The van der Waals surface area contributed by atoms with E-state index in [0.29, 0.717) is 5.56 Å². The van der Waals surface area contributed by atoms with Gasteiger partial charge in [-0.3, -0.25) is 14.5 Å². The van der Waals surface area contributed by atoms with Crippen molar-refractivity contribution in [3.63, 3.8) is 0 Å². The van der Waals surface area contributed by atoms with Gasteiger partial charge in [-0.2, -0.15) is 4.39 Å². The first kappa shape index (κ1) is 24.0. The molecule has 13 heteroatoms. The predicted octanol–water partition coefficient (Wildman–Crippen LogP) is 3.46. The van der Waals surface area contributed by atoms with E-state index >= 15 is 0 Å². The van der Waals surface area contributed by atoms with Crippen LogP contribution in [0.15, 0.2) is 30.5 Å². The molecule has 3 rings (SSSR count). The molecule has 10 nitrogen and oxygen atoms in total. The summed E-state index contributed by atoms with van der Waals surface area (Å²) in [6.07, 6.45) is 0.0898. The van der Waals surface area contributed by atoms with Crippen LogP contribution < -0.4 is 10.6 Å². The first-order chi connectivity index (χ1) is 15.8. The molecule has 2 amide bonds. The van der Waals surface area contributed by atoms with Crippen molar-refractivity contribution in [2.24, 2.45) is 7.05 Å². The molecule has 174 valence electrons. The summed E-state index contributed by atoms with van der Waals surface area (Å²) in [6, 6.07) is 5.90. The lowest BCUT2D eigenvalue weighted by molar-refractivity contribution is 0.0947. The van der Waals surface area contributed by atoms with Crippen LogP contribution in [0.1, 0.15) is 35.4 Å². The van der Waals surface area contributed by atoms with E-state index in [0.717, 1.165) is 0 Å². The standard InChI is InChI=1S/C20H20ClF2N7O3/c1-11(12-5-3-9-24-16(12)21)33-20(32)27-18-15(28-29-30(18)2)14-7-6-13(17(23)26-14)19(31)25-10-4-8-22/h3,5-7,9,11H,4,8,10H2,1-2H3,(H,25,31)(H,27,32). The average molecular weight is 480 g/mol. The molecule has 0 saturated carbocycles. The number of hydrogen-bond acceptors (Lipinski definition) is 7. The fourth-order valence-corrected chi connectivity index (χ4v) is 3.09. The van der Waals surface area contributed by atoms with Crippen LogP contribution in [0, 0.1) is 5.95 Å². The Morgan fingerprint density at radius 2 is 2.09 bits per heavy atom. The second-order valence-corrected chi connectivity index (χ2v) is 7.16. The summed E-state index contributed by atoms with van der Waals surface area (Å²) in [5, 5.41) is 12.8. The Balaban J connectivity index is 1.75. The van der Waals surface area contributed by atoms with Gasteiger partial charge in [0.05, 0.1) is 17.9 Å². The number of nitrogens with one attached hydrogen (secondary N) is 2. The molecule has 0 saturated heterocycles. The van der Waals surface area contributed by atoms with E-state index in [9.17, 15) is 18.4 Å². The zero-order valence-electron chi connectivity index (χ0n) is 17.7. The number of carbonyl (C=O) groups excluding carboxylic acids is 2. The van der Waals surface area contributed by atoms with Gasteiger partial charge in [0, 0.05) is 25.4 Å². The van der Waals surface area contributed by atoms with Gasteiger partial charge in [-0.15, -0.1) is 5.10 Å². The molecule has 33 heavy (non-hydrogen) atoms. The molecule has 0 fully saturated rings. The highest BCUT2D eigenvalue weighted by Crippen LogP contribution is 2.26. The third kappa shape index (κ3) is 5.77. The Labute approximate surface area is 192 Å². The summed E-state index contributed by atoms with van der Waals surface area (Å²) in [4.78, 5) is 32.2. The maximum Gasteiger partial charge on any atom is 0.413 e. The second-order valence-electron chi connectivity index (χ2n) is 6.80. The quantitative estimate of drug-likeness (QED) is 0.374. The first-order valence-electron chi connectivity index (χ1n) is 9.80. The van der Waals surface area contributed by atoms with E-state index in [1.807, 2.05) is 0 Å². The van der Waals surface area contributed by atoms with Crippen LogP contribution >= 0.6 is 11.6 Å². The maximum atomic E-state index is 14.5. The van der Waals surface area contributed by atoms with Gasteiger partial charge in [0.15, 0.2) is 11.5 Å². The Kier molecular flexibility index (Phi) is 7.83. The van der Waals surface area contributed by atoms with E-state index < -0.39 is 30.7 Å². The van der Waals surface area contributed by atoms with E-state index in [-0.39, 0.29) is 40.9 Å². The van der Waals surface area contributed by atoms with Crippen LogP contribution in [0.3, 0.4) is 0 Å². The van der Waals surface area contributed by atoms with Crippen LogP contribution in [-0.2, 0) is 11.8 Å². The van der Waals surface area contributed by atoms with Crippen LogP contribution in [0.4, 0.5) is 19.4 Å². The monoisotopic (exact) mass is 479 g/mol. The summed E-state index contributed by atoms with van der Waals surface area (Å²) < 4.78 is 33.2. The van der Waals surface area contributed by atoms with Gasteiger partial charge in [-0.05, 0) is 31.5 Å². The van der Waals surface area contributed by atoms with Gasteiger partial charge < -0.3 is 10.1 Å². The lowest BCUT2D eigenvalue weighted by atomic mass is 10.2. The number of rotatable bonds is 8. The maximum absolute atomic E-state index is 14.5. The lowest BCUT2D eigenvalue weighted by Crippen LogP contribution is -2.26. The molecule has 2 N–H and O–H groups in total. The summed E-state index contributed by atoms with van der Waals surface area (Å²) in [5.41, 5.74) is 0.295. The van der Waals surface area contributed by atoms with Gasteiger partial charge in [-0.25, -0.2) is 19.4 Å². The molecule has 0 bridgehead atoms. The number of carbonyl (C=O) groups is 2. The molecule has 1 unspecified atom stereocenters. The van der Waals surface area contributed by atoms with Gasteiger partial charge >= 0.3 is 6.09 Å². The van der Waals surface area contributed by atoms with Crippen molar-refractivity contribution >= 4 is 29.4 Å². The van der Waals surface area contributed by atoms with Gasteiger partial charge in [0.2, 0.25) is 5.95 Å². The number of halogens is 3. The van der Waals surface area contributed by atoms with E-state index in [2.05, 4.69) is 30.9 Å². The smallest absolute Gasteiger partial charge is 0.413 e. The molecule has 3 heterocycles. The summed E-state index contributed by atoms with van der Waals surface area (Å²) in [6.45, 7) is 1.09. The molecule has 3 aromatic heterocycles. The molecule has 1 atom stereocenters. The van der Waals surface area contributed by atoms with Crippen molar-refractivity contribution in [1.82, 2.24) is 30.3 Å². The number of anilines is 1. The van der Waals surface area contributed by atoms with Crippen molar-refractivity contribution < 1.29 is 23.1 Å². The van der Waals surface area contributed by atoms with Crippen LogP contribution in [0.2, 0.25) is 5.15 Å². The van der Waals surface area contributed by atoms with Crippen molar-refractivity contribution in [2.45, 2.75) is 19.4 Å². The predicted molar refractivity (Wildman–Crippen MR) is 115 cm³/mol. The Morgan fingerprint density at radius 3 is 2.79 bits per heavy atom. The second kappa shape index (κ2) is 10.8. The number of ether oxygens (including phenoxy) is 1. The Bertz CT molecular complexity index is 1160. The van der Waals surface area contributed by atoms with Gasteiger partial charge in [0.25, 0.3) is 5.91 Å². The fourth-order valence-electron chi connectivity index (χ4n) is 2.82. The molecular weight excluding hydrogens is 460 g/mol. The summed E-state index contributed by atoms with van der Waals surface area (Å²) in [7, 11) is 1.51.